The van der Waals surface area contributed by atoms with Crippen LogP contribution in [0.25, 0.3) is 0 Å². The van der Waals surface area contributed by atoms with E-state index in [1.165, 1.54) is 25.3 Å². The maximum Gasteiger partial charge on any atom is 0.251 e. The molecule has 0 bridgehead atoms. The molecule has 0 heterocycles. The predicted octanol–water partition coefficient (Wildman–Crippen LogP) is 2.30. The van der Waals surface area contributed by atoms with Gasteiger partial charge in [-0.2, -0.15) is 0 Å². The molecule has 0 aliphatic carbocycles. The quantitative estimate of drug-likeness (QED) is 0.888. The number of nitrogens with one attached hydrogen (secondary N) is 1. The zero-order valence-corrected chi connectivity index (χ0v) is 11.5. The molecule has 0 radical (unpaired) electrons. The number of amides is 1. The van der Waals surface area contributed by atoms with E-state index in [1.54, 1.807) is 24.3 Å². The van der Waals surface area contributed by atoms with Crippen molar-refractivity contribution in [2.75, 3.05) is 13.7 Å². The molecule has 0 fully saturated rings. The second kappa shape index (κ2) is 6.85. The third kappa shape index (κ3) is 3.79. The molecule has 0 saturated heterocycles. The van der Waals surface area contributed by atoms with Crippen molar-refractivity contribution in [3.8, 4) is 5.75 Å². The maximum absolute atomic E-state index is 13.0. The summed E-state index contributed by atoms with van der Waals surface area (Å²) in [6.07, 6.45) is -0.904. The average molecular weight is 289 g/mol. The van der Waals surface area contributed by atoms with Gasteiger partial charge in [-0.3, -0.25) is 4.79 Å². The average Bonchev–Trinajstić information content (AvgIpc) is 2.52. The van der Waals surface area contributed by atoms with Crippen LogP contribution in [0.1, 0.15) is 22.0 Å². The molecule has 2 rings (SSSR count). The van der Waals surface area contributed by atoms with Gasteiger partial charge in [0.15, 0.2) is 0 Å². The lowest BCUT2D eigenvalue weighted by atomic mass is 10.1. The van der Waals surface area contributed by atoms with Crippen molar-refractivity contribution in [2.24, 2.45) is 0 Å². The van der Waals surface area contributed by atoms with Gasteiger partial charge in [-0.1, -0.05) is 24.3 Å². The topological polar surface area (TPSA) is 58.6 Å². The number of benzene rings is 2. The third-order valence-corrected chi connectivity index (χ3v) is 3.04. The molecule has 1 atom stereocenters. The van der Waals surface area contributed by atoms with Crippen LogP contribution < -0.4 is 10.1 Å². The molecule has 110 valence electrons. The first-order valence-electron chi connectivity index (χ1n) is 6.46. The molecule has 1 amide bonds. The van der Waals surface area contributed by atoms with Crippen LogP contribution in [0.5, 0.6) is 5.75 Å². The van der Waals surface area contributed by atoms with Gasteiger partial charge in [-0.25, -0.2) is 4.39 Å². The SMILES string of the molecule is COc1ccccc1[C@H](O)CNC(=O)c1cccc(F)c1. The highest BCUT2D eigenvalue weighted by Crippen LogP contribution is 2.24. The van der Waals surface area contributed by atoms with E-state index in [9.17, 15) is 14.3 Å². The van der Waals surface area contributed by atoms with Crippen molar-refractivity contribution in [1.82, 2.24) is 5.32 Å². The van der Waals surface area contributed by atoms with E-state index >= 15 is 0 Å². The van der Waals surface area contributed by atoms with Crippen molar-refractivity contribution in [3.63, 3.8) is 0 Å². The van der Waals surface area contributed by atoms with Crippen LogP contribution in [0.3, 0.4) is 0 Å². The molecular formula is C16H16FNO3. The van der Waals surface area contributed by atoms with Gasteiger partial charge in [-0.05, 0) is 24.3 Å². The molecule has 2 aromatic carbocycles. The summed E-state index contributed by atoms with van der Waals surface area (Å²) in [6.45, 7) is 0.00964. The first kappa shape index (κ1) is 15.0. The van der Waals surface area contributed by atoms with Crippen molar-refractivity contribution in [3.05, 3.63) is 65.5 Å². The predicted molar refractivity (Wildman–Crippen MR) is 76.7 cm³/mol. The summed E-state index contributed by atoms with van der Waals surface area (Å²) in [4.78, 5) is 11.9. The first-order valence-corrected chi connectivity index (χ1v) is 6.46. The normalized spacial score (nSPS) is 11.8. The van der Waals surface area contributed by atoms with Crippen LogP contribution in [-0.2, 0) is 0 Å². The van der Waals surface area contributed by atoms with Crippen LogP contribution in [0.4, 0.5) is 4.39 Å². The van der Waals surface area contributed by atoms with Crippen LogP contribution in [-0.4, -0.2) is 24.7 Å². The molecule has 0 aromatic heterocycles. The summed E-state index contributed by atoms with van der Waals surface area (Å²) in [6, 6.07) is 12.4. The van der Waals surface area contributed by atoms with Gasteiger partial charge in [0.1, 0.15) is 11.6 Å². The molecule has 2 aromatic rings. The summed E-state index contributed by atoms with van der Waals surface area (Å²) in [5.41, 5.74) is 0.793. The molecular weight excluding hydrogens is 273 g/mol. The molecule has 5 heteroatoms. The maximum atomic E-state index is 13.0. The van der Waals surface area contributed by atoms with Crippen molar-refractivity contribution in [2.45, 2.75) is 6.10 Å². The van der Waals surface area contributed by atoms with Gasteiger partial charge in [-0.15, -0.1) is 0 Å². The Morgan fingerprint density at radius 2 is 2.05 bits per heavy atom. The van der Waals surface area contributed by atoms with Crippen LogP contribution in [0.15, 0.2) is 48.5 Å². The summed E-state index contributed by atoms with van der Waals surface area (Å²) in [5.74, 6) is -0.374. The number of hydrogen-bond donors (Lipinski definition) is 2. The fourth-order valence-corrected chi connectivity index (χ4v) is 1.97. The van der Waals surface area contributed by atoms with Gasteiger partial charge in [0, 0.05) is 17.7 Å². The molecule has 0 unspecified atom stereocenters. The fourth-order valence-electron chi connectivity index (χ4n) is 1.97. The minimum absolute atomic E-state index is 0.00964. The number of carbonyl (C=O) groups excluding carboxylic acids is 1. The van der Waals surface area contributed by atoms with E-state index in [2.05, 4.69) is 5.32 Å². The minimum Gasteiger partial charge on any atom is -0.496 e. The number of ether oxygens (including phenoxy) is 1. The van der Waals surface area contributed by atoms with Crippen molar-refractivity contribution in [1.29, 1.82) is 0 Å². The summed E-state index contributed by atoms with van der Waals surface area (Å²) in [5, 5.41) is 12.7. The van der Waals surface area contributed by atoms with Crippen LogP contribution in [0, 0.1) is 5.82 Å². The largest absolute Gasteiger partial charge is 0.496 e. The number of aliphatic hydroxyl groups is 1. The van der Waals surface area contributed by atoms with Crippen LogP contribution in [0.2, 0.25) is 0 Å². The molecule has 2 N–H and O–H groups in total. The van der Waals surface area contributed by atoms with E-state index in [0.717, 1.165) is 6.07 Å². The summed E-state index contributed by atoms with van der Waals surface area (Å²) in [7, 11) is 1.51. The Balaban J connectivity index is 2.01. The van der Waals surface area contributed by atoms with E-state index in [-0.39, 0.29) is 12.1 Å². The lowest BCUT2D eigenvalue weighted by molar-refractivity contribution is 0.0914. The summed E-state index contributed by atoms with van der Waals surface area (Å²) < 4.78 is 18.2. The number of halogens is 1. The number of rotatable bonds is 5. The smallest absolute Gasteiger partial charge is 0.251 e. The molecule has 0 aliphatic rings. The van der Waals surface area contributed by atoms with Gasteiger partial charge in [0.2, 0.25) is 0 Å². The zero-order valence-electron chi connectivity index (χ0n) is 11.5. The lowest BCUT2D eigenvalue weighted by Gasteiger charge is -2.15. The Morgan fingerprint density at radius 1 is 1.29 bits per heavy atom. The Morgan fingerprint density at radius 3 is 2.76 bits per heavy atom. The Labute approximate surface area is 122 Å². The number of para-hydroxylation sites is 1. The van der Waals surface area contributed by atoms with Crippen molar-refractivity contribution >= 4 is 5.91 Å². The third-order valence-electron chi connectivity index (χ3n) is 3.04. The molecule has 0 spiro atoms. The number of hydrogen-bond acceptors (Lipinski definition) is 3. The summed E-state index contributed by atoms with van der Waals surface area (Å²) >= 11 is 0. The Kier molecular flexibility index (Phi) is 4.90. The highest BCUT2D eigenvalue weighted by Gasteiger charge is 2.14. The number of aliphatic hydroxyl groups excluding tert-OH is 1. The van der Waals surface area contributed by atoms with Crippen molar-refractivity contribution < 1.29 is 19.0 Å². The van der Waals surface area contributed by atoms with Gasteiger partial charge >= 0.3 is 0 Å². The number of methoxy groups -OCH3 is 1. The van der Waals surface area contributed by atoms with Crippen LogP contribution >= 0.6 is 0 Å². The molecule has 4 nitrogen and oxygen atoms in total. The first-order chi connectivity index (χ1) is 10.1. The fraction of sp³-hybridized carbons (Fsp3) is 0.188. The molecule has 0 aliphatic heterocycles. The highest BCUT2D eigenvalue weighted by molar-refractivity contribution is 5.94. The molecule has 0 saturated carbocycles. The minimum atomic E-state index is -0.904. The van der Waals surface area contributed by atoms with E-state index in [0.29, 0.717) is 11.3 Å². The zero-order chi connectivity index (χ0) is 15.2. The van der Waals surface area contributed by atoms with Gasteiger partial charge in [0.05, 0.1) is 13.2 Å². The van der Waals surface area contributed by atoms with E-state index in [4.69, 9.17) is 4.74 Å². The molecule has 21 heavy (non-hydrogen) atoms. The monoisotopic (exact) mass is 289 g/mol. The lowest BCUT2D eigenvalue weighted by Crippen LogP contribution is -2.28. The highest BCUT2D eigenvalue weighted by atomic mass is 19.1. The number of carbonyl (C=O) groups is 1. The standard InChI is InChI=1S/C16H16FNO3/c1-21-15-8-3-2-7-13(15)14(19)10-18-16(20)11-5-4-6-12(17)9-11/h2-9,14,19H,10H2,1H3,(H,18,20)/t14-/m1/s1. The van der Waals surface area contributed by atoms with E-state index < -0.39 is 17.8 Å². The Hall–Kier alpha value is -2.40. The second-order valence-electron chi connectivity index (χ2n) is 4.48. The second-order valence-corrected chi connectivity index (χ2v) is 4.48. The van der Waals surface area contributed by atoms with E-state index in [1.807, 2.05) is 0 Å². The van der Waals surface area contributed by atoms with Gasteiger partial charge < -0.3 is 15.2 Å². The van der Waals surface area contributed by atoms with Gasteiger partial charge in [0.25, 0.3) is 5.91 Å². The Bertz CT molecular complexity index is 630.